The van der Waals surface area contributed by atoms with Gasteiger partial charge in [-0.3, -0.25) is 0 Å². The molecule has 3 fully saturated rings. The zero-order chi connectivity index (χ0) is 11.3. The Kier molecular flexibility index (Phi) is 2.78. The second-order valence-electron chi connectivity index (χ2n) is 7.05. The second kappa shape index (κ2) is 4.01. The third kappa shape index (κ3) is 1.72. The summed E-state index contributed by atoms with van der Waals surface area (Å²) < 4.78 is 0. The molecule has 1 heteroatoms. The molecule has 3 aliphatic carbocycles. The molecule has 3 rings (SSSR count). The van der Waals surface area contributed by atoms with Crippen molar-refractivity contribution in [1.29, 1.82) is 0 Å². The highest BCUT2D eigenvalue weighted by atomic mass is 16.3. The van der Waals surface area contributed by atoms with Crippen molar-refractivity contribution >= 4 is 0 Å². The zero-order valence-electron chi connectivity index (χ0n) is 10.7. The lowest BCUT2D eigenvalue weighted by Crippen LogP contribution is -2.40. The van der Waals surface area contributed by atoms with Gasteiger partial charge < -0.3 is 5.11 Å². The molecular formula is C15H26O. The standard InChI is InChI=1S/C15H26O/c1-9-5-10(2)15(16)14(6-9)13-8-11-3-4-12(13)7-11/h9-16H,3-8H2,1-2H3/t9-,10+,11+,12+,13+,14-,15+/m1/s1. The maximum absolute atomic E-state index is 10.4. The largest absolute Gasteiger partial charge is 0.393 e. The van der Waals surface area contributed by atoms with E-state index in [1.54, 1.807) is 0 Å². The molecule has 3 saturated carbocycles. The van der Waals surface area contributed by atoms with Crippen molar-refractivity contribution in [1.82, 2.24) is 0 Å². The molecule has 0 spiro atoms. The zero-order valence-corrected chi connectivity index (χ0v) is 10.7. The van der Waals surface area contributed by atoms with Gasteiger partial charge in [0.1, 0.15) is 0 Å². The molecule has 16 heavy (non-hydrogen) atoms. The summed E-state index contributed by atoms with van der Waals surface area (Å²) in [6.45, 7) is 4.63. The minimum Gasteiger partial charge on any atom is -0.393 e. The first-order valence-electron chi connectivity index (χ1n) is 7.33. The van der Waals surface area contributed by atoms with E-state index in [0.29, 0.717) is 11.8 Å². The Bertz CT molecular complexity index is 262. The first-order chi connectivity index (χ1) is 7.65. The predicted octanol–water partition coefficient (Wildman–Crippen LogP) is 3.47. The molecule has 0 radical (unpaired) electrons. The molecule has 0 unspecified atom stereocenters. The molecule has 3 aliphatic rings. The molecule has 0 saturated heterocycles. The van der Waals surface area contributed by atoms with Crippen LogP contribution in [-0.4, -0.2) is 11.2 Å². The summed E-state index contributed by atoms with van der Waals surface area (Å²) in [5, 5.41) is 10.4. The van der Waals surface area contributed by atoms with Crippen LogP contribution in [0, 0.1) is 35.5 Å². The fraction of sp³-hybridized carbons (Fsp3) is 1.00. The molecule has 0 aliphatic heterocycles. The summed E-state index contributed by atoms with van der Waals surface area (Å²) in [4.78, 5) is 0. The van der Waals surface area contributed by atoms with Gasteiger partial charge in [0.2, 0.25) is 0 Å². The van der Waals surface area contributed by atoms with Crippen LogP contribution < -0.4 is 0 Å². The van der Waals surface area contributed by atoms with Crippen LogP contribution in [-0.2, 0) is 0 Å². The smallest absolute Gasteiger partial charge is 0.0596 e. The number of rotatable bonds is 1. The van der Waals surface area contributed by atoms with Crippen LogP contribution >= 0.6 is 0 Å². The monoisotopic (exact) mass is 222 g/mol. The SMILES string of the molecule is C[C@H]1C[C@H]([C@H]2C[C@H]3CC[C@H]2C3)[C@@H](O)[C@@H](C)C1. The van der Waals surface area contributed by atoms with E-state index in [9.17, 15) is 5.11 Å². The van der Waals surface area contributed by atoms with Crippen molar-refractivity contribution in [2.75, 3.05) is 0 Å². The van der Waals surface area contributed by atoms with Crippen molar-refractivity contribution in [3.63, 3.8) is 0 Å². The minimum atomic E-state index is 0.000509. The van der Waals surface area contributed by atoms with Crippen molar-refractivity contribution in [2.24, 2.45) is 35.5 Å². The average molecular weight is 222 g/mol. The molecular weight excluding hydrogens is 196 g/mol. The Morgan fingerprint density at radius 2 is 1.69 bits per heavy atom. The first-order valence-corrected chi connectivity index (χ1v) is 7.33. The van der Waals surface area contributed by atoms with Gasteiger partial charge in [-0.05, 0) is 67.6 Å². The van der Waals surface area contributed by atoms with Gasteiger partial charge in [0.15, 0.2) is 0 Å². The van der Waals surface area contributed by atoms with E-state index >= 15 is 0 Å². The van der Waals surface area contributed by atoms with E-state index in [-0.39, 0.29) is 6.10 Å². The molecule has 0 heterocycles. The predicted molar refractivity (Wildman–Crippen MR) is 66.0 cm³/mol. The summed E-state index contributed by atoms with van der Waals surface area (Å²) in [5.41, 5.74) is 0. The van der Waals surface area contributed by atoms with E-state index < -0.39 is 0 Å². The van der Waals surface area contributed by atoms with Gasteiger partial charge in [0.25, 0.3) is 0 Å². The summed E-state index contributed by atoms with van der Waals surface area (Å²) in [6.07, 6.45) is 8.39. The molecule has 0 aromatic carbocycles. The molecule has 92 valence electrons. The normalized spacial score (nSPS) is 56.8. The maximum Gasteiger partial charge on any atom is 0.0596 e. The quantitative estimate of drug-likeness (QED) is 0.720. The molecule has 1 nitrogen and oxygen atoms in total. The first kappa shape index (κ1) is 11.1. The third-order valence-electron chi connectivity index (χ3n) is 5.81. The Morgan fingerprint density at radius 3 is 2.31 bits per heavy atom. The van der Waals surface area contributed by atoms with Crippen molar-refractivity contribution in [2.45, 2.75) is 58.5 Å². The van der Waals surface area contributed by atoms with Crippen molar-refractivity contribution in [3.05, 3.63) is 0 Å². The molecule has 1 N–H and O–H groups in total. The fourth-order valence-corrected chi connectivity index (χ4v) is 5.14. The maximum atomic E-state index is 10.4. The number of hydrogen-bond acceptors (Lipinski definition) is 1. The van der Waals surface area contributed by atoms with Crippen molar-refractivity contribution in [3.8, 4) is 0 Å². The Balaban J connectivity index is 1.73. The van der Waals surface area contributed by atoms with Crippen LogP contribution in [0.4, 0.5) is 0 Å². The summed E-state index contributed by atoms with van der Waals surface area (Å²) in [6, 6.07) is 0. The molecule has 0 aromatic rings. The van der Waals surface area contributed by atoms with Crippen molar-refractivity contribution < 1.29 is 5.11 Å². The van der Waals surface area contributed by atoms with E-state index in [2.05, 4.69) is 13.8 Å². The molecule has 0 amide bonds. The minimum absolute atomic E-state index is 0.000509. The fourth-order valence-electron chi connectivity index (χ4n) is 5.14. The lowest BCUT2D eigenvalue weighted by molar-refractivity contribution is -0.0312. The summed E-state index contributed by atoms with van der Waals surface area (Å²) in [5.74, 6) is 4.88. The highest BCUT2D eigenvalue weighted by Crippen LogP contribution is 2.54. The van der Waals surface area contributed by atoms with Gasteiger partial charge in [-0.15, -0.1) is 0 Å². The number of aliphatic hydroxyl groups is 1. The van der Waals surface area contributed by atoms with E-state index in [4.69, 9.17) is 0 Å². The lowest BCUT2D eigenvalue weighted by atomic mass is 9.66. The van der Waals surface area contributed by atoms with Crippen LogP contribution in [0.25, 0.3) is 0 Å². The van der Waals surface area contributed by atoms with Gasteiger partial charge >= 0.3 is 0 Å². The van der Waals surface area contributed by atoms with Gasteiger partial charge in [-0.1, -0.05) is 20.3 Å². The number of fused-ring (bicyclic) bond motifs is 2. The van der Waals surface area contributed by atoms with Crippen LogP contribution in [0.15, 0.2) is 0 Å². The molecule has 0 aromatic heterocycles. The van der Waals surface area contributed by atoms with E-state index in [1.165, 1.54) is 38.5 Å². The number of hydrogen-bond donors (Lipinski definition) is 1. The highest BCUT2D eigenvalue weighted by molar-refractivity contribution is 4.97. The van der Waals surface area contributed by atoms with Gasteiger partial charge in [0.05, 0.1) is 6.10 Å². The Morgan fingerprint density at radius 1 is 0.875 bits per heavy atom. The van der Waals surface area contributed by atoms with Crippen LogP contribution in [0.1, 0.15) is 52.4 Å². The molecule has 2 bridgehead atoms. The highest BCUT2D eigenvalue weighted by Gasteiger charge is 2.47. The number of aliphatic hydroxyl groups excluding tert-OH is 1. The third-order valence-corrected chi connectivity index (χ3v) is 5.81. The van der Waals surface area contributed by atoms with Gasteiger partial charge in [-0.25, -0.2) is 0 Å². The van der Waals surface area contributed by atoms with Crippen LogP contribution in [0.5, 0.6) is 0 Å². The van der Waals surface area contributed by atoms with Crippen LogP contribution in [0.3, 0.4) is 0 Å². The molecule has 7 atom stereocenters. The van der Waals surface area contributed by atoms with E-state index in [0.717, 1.165) is 23.7 Å². The van der Waals surface area contributed by atoms with E-state index in [1.807, 2.05) is 0 Å². The van der Waals surface area contributed by atoms with Gasteiger partial charge in [0, 0.05) is 0 Å². The summed E-state index contributed by atoms with van der Waals surface area (Å²) in [7, 11) is 0. The topological polar surface area (TPSA) is 20.2 Å². The average Bonchev–Trinajstić information content (AvgIpc) is 2.84. The second-order valence-corrected chi connectivity index (χ2v) is 7.05. The van der Waals surface area contributed by atoms with Gasteiger partial charge in [-0.2, -0.15) is 0 Å². The Labute approximate surface area is 99.6 Å². The Hall–Kier alpha value is -0.0400. The lowest BCUT2D eigenvalue weighted by Gasteiger charge is -2.42. The van der Waals surface area contributed by atoms with Crippen LogP contribution in [0.2, 0.25) is 0 Å². The summed E-state index contributed by atoms with van der Waals surface area (Å²) >= 11 is 0.